The van der Waals surface area contributed by atoms with E-state index in [1.165, 1.54) is 29.5 Å². The van der Waals surface area contributed by atoms with E-state index in [2.05, 4.69) is 11.6 Å². The Kier molecular flexibility index (Phi) is 5.22. The van der Waals surface area contributed by atoms with E-state index in [-0.39, 0.29) is 11.3 Å². The second kappa shape index (κ2) is 7.41. The zero-order valence-corrected chi connectivity index (χ0v) is 15.5. The number of benzene rings is 2. The van der Waals surface area contributed by atoms with Crippen LogP contribution in [0.3, 0.4) is 0 Å². The summed E-state index contributed by atoms with van der Waals surface area (Å²) in [6, 6.07) is 9.01. The standard InChI is InChI=1S/C17H11Cl2N3O3S/c1-2-7-21-15-12(19)8-10(18)9-14(15)26-17(21)20-16(23)11-5-3-4-6-13(11)22(24)25/h2-6,8-9H,1,7H2. The minimum atomic E-state index is -0.705. The number of nitro benzene ring substituents is 1. The van der Waals surface area contributed by atoms with E-state index in [4.69, 9.17) is 23.2 Å². The molecule has 3 rings (SSSR count). The molecular weight excluding hydrogens is 397 g/mol. The van der Waals surface area contributed by atoms with Crippen molar-refractivity contribution in [2.24, 2.45) is 4.99 Å². The molecule has 3 aromatic rings. The van der Waals surface area contributed by atoms with E-state index < -0.39 is 10.8 Å². The quantitative estimate of drug-likeness (QED) is 0.352. The summed E-state index contributed by atoms with van der Waals surface area (Å²) in [6.45, 7) is 4.07. The molecule has 132 valence electrons. The van der Waals surface area contributed by atoms with Gasteiger partial charge in [-0.05, 0) is 18.2 Å². The fourth-order valence-corrected chi connectivity index (χ4v) is 4.29. The molecule has 9 heteroatoms. The third kappa shape index (κ3) is 3.41. The molecule has 0 saturated carbocycles. The number of hydrogen-bond donors (Lipinski definition) is 0. The Balaban J connectivity index is 2.23. The molecule has 0 radical (unpaired) electrons. The maximum atomic E-state index is 12.6. The van der Waals surface area contributed by atoms with Crippen LogP contribution >= 0.6 is 34.5 Å². The molecule has 0 aliphatic rings. The largest absolute Gasteiger partial charge is 0.311 e. The van der Waals surface area contributed by atoms with Gasteiger partial charge in [0.15, 0.2) is 4.80 Å². The lowest BCUT2D eigenvalue weighted by molar-refractivity contribution is -0.385. The van der Waals surface area contributed by atoms with Gasteiger partial charge in [0.1, 0.15) is 5.56 Å². The smallest absolute Gasteiger partial charge is 0.286 e. The Bertz CT molecular complexity index is 1120. The molecule has 0 aliphatic carbocycles. The van der Waals surface area contributed by atoms with Crippen LogP contribution in [0.5, 0.6) is 0 Å². The first-order valence-electron chi connectivity index (χ1n) is 7.34. The van der Waals surface area contributed by atoms with Crippen LogP contribution in [0.1, 0.15) is 10.4 Å². The van der Waals surface area contributed by atoms with Gasteiger partial charge in [-0.3, -0.25) is 14.9 Å². The average molecular weight is 408 g/mol. The van der Waals surface area contributed by atoms with Gasteiger partial charge in [0.05, 0.1) is 20.2 Å². The number of aromatic nitrogens is 1. The highest BCUT2D eigenvalue weighted by molar-refractivity contribution is 7.16. The van der Waals surface area contributed by atoms with Crippen LogP contribution < -0.4 is 4.80 Å². The molecule has 0 bridgehead atoms. The number of fused-ring (bicyclic) bond motifs is 1. The second-order valence-corrected chi connectivity index (χ2v) is 7.06. The topological polar surface area (TPSA) is 77.5 Å². The van der Waals surface area contributed by atoms with Crippen LogP contribution in [0.4, 0.5) is 5.69 Å². The molecule has 1 aromatic heterocycles. The van der Waals surface area contributed by atoms with Gasteiger partial charge in [-0.25, -0.2) is 0 Å². The van der Waals surface area contributed by atoms with Crippen molar-refractivity contribution in [3.05, 3.63) is 79.6 Å². The molecule has 2 aromatic carbocycles. The molecule has 26 heavy (non-hydrogen) atoms. The van der Waals surface area contributed by atoms with Crippen LogP contribution in [-0.2, 0) is 6.54 Å². The molecule has 0 fully saturated rings. The highest BCUT2D eigenvalue weighted by atomic mass is 35.5. The van der Waals surface area contributed by atoms with E-state index >= 15 is 0 Å². The van der Waals surface area contributed by atoms with Crippen molar-refractivity contribution in [3.63, 3.8) is 0 Å². The van der Waals surface area contributed by atoms with Gasteiger partial charge in [0.25, 0.3) is 11.6 Å². The lowest BCUT2D eigenvalue weighted by Crippen LogP contribution is -2.16. The van der Waals surface area contributed by atoms with Crippen LogP contribution in [0.15, 0.2) is 54.0 Å². The summed E-state index contributed by atoms with van der Waals surface area (Å²) in [6.07, 6.45) is 1.64. The number of hydrogen-bond acceptors (Lipinski definition) is 4. The predicted octanol–water partition coefficient (Wildman–Crippen LogP) is 4.84. The molecule has 0 spiro atoms. The Morgan fingerprint density at radius 2 is 2.08 bits per heavy atom. The number of rotatable bonds is 4. The van der Waals surface area contributed by atoms with Crippen LogP contribution in [-0.4, -0.2) is 15.4 Å². The summed E-state index contributed by atoms with van der Waals surface area (Å²) in [5, 5.41) is 12.0. The van der Waals surface area contributed by atoms with Gasteiger partial charge in [0, 0.05) is 17.6 Å². The summed E-state index contributed by atoms with van der Waals surface area (Å²) in [5.74, 6) is -0.705. The van der Waals surface area contributed by atoms with Gasteiger partial charge < -0.3 is 4.57 Å². The minimum absolute atomic E-state index is 0.0794. The van der Waals surface area contributed by atoms with Gasteiger partial charge in [-0.1, -0.05) is 52.7 Å². The van der Waals surface area contributed by atoms with Crippen molar-refractivity contribution in [3.8, 4) is 0 Å². The zero-order chi connectivity index (χ0) is 18.8. The van der Waals surface area contributed by atoms with Gasteiger partial charge >= 0.3 is 0 Å². The van der Waals surface area contributed by atoms with E-state index in [0.717, 1.165) is 4.70 Å². The van der Waals surface area contributed by atoms with Crippen molar-refractivity contribution in [1.82, 2.24) is 4.57 Å². The summed E-state index contributed by atoms with van der Waals surface area (Å²) >= 11 is 13.5. The number of thiazole rings is 1. The van der Waals surface area contributed by atoms with Crippen LogP contribution in [0.25, 0.3) is 10.2 Å². The monoisotopic (exact) mass is 407 g/mol. The van der Waals surface area contributed by atoms with Gasteiger partial charge in [-0.2, -0.15) is 4.99 Å². The number of nitro groups is 1. The number of nitrogens with zero attached hydrogens (tertiary/aromatic N) is 3. The molecule has 1 amide bonds. The lowest BCUT2D eigenvalue weighted by atomic mass is 10.2. The maximum absolute atomic E-state index is 12.6. The number of carbonyl (C=O) groups is 1. The predicted molar refractivity (Wildman–Crippen MR) is 103 cm³/mol. The average Bonchev–Trinajstić information content (AvgIpc) is 2.92. The van der Waals surface area contributed by atoms with Gasteiger partial charge in [-0.15, -0.1) is 6.58 Å². The van der Waals surface area contributed by atoms with E-state index in [1.807, 2.05) is 0 Å². The SMILES string of the molecule is C=CCn1c(=NC(=O)c2ccccc2[N+](=O)[O-])sc2cc(Cl)cc(Cl)c21. The number of halogens is 2. The van der Waals surface area contributed by atoms with Crippen molar-refractivity contribution >= 4 is 56.3 Å². The third-order valence-electron chi connectivity index (χ3n) is 3.54. The van der Waals surface area contributed by atoms with Crippen LogP contribution in [0, 0.1) is 10.1 Å². The highest BCUT2D eigenvalue weighted by Crippen LogP contribution is 2.30. The molecule has 0 N–H and O–H groups in total. The Hall–Kier alpha value is -2.48. The number of para-hydroxylation sites is 1. The van der Waals surface area contributed by atoms with Crippen molar-refractivity contribution in [2.75, 3.05) is 0 Å². The number of amides is 1. The Labute approximate surface area is 161 Å². The minimum Gasteiger partial charge on any atom is -0.311 e. The van der Waals surface area contributed by atoms with E-state index in [0.29, 0.717) is 26.9 Å². The molecule has 0 unspecified atom stereocenters. The first kappa shape index (κ1) is 18.3. The summed E-state index contributed by atoms with van der Waals surface area (Å²) in [4.78, 5) is 27.5. The molecule has 1 heterocycles. The van der Waals surface area contributed by atoms with Gasteiger partial charge in [0.2, 0.25) is 0 Å². The number of allylic oxidation sites excluding steroid dienone is 1. The first-order valence-corrected chi connectivity index (χ1v) is 8.91. The Morgan fingerprint density at radius 3 is 2.77 bits per heavy atom. The van der Waals surface area contributed by atoms with Crippen molar-refractivity contribution < 1.29 is 9.72 Å². The fraction of sp³-hybridized carbons (Fsp3) is 0.0588. The normalized spacial score (nSPS) is 11.7. The molecule has 0 saturated heterocycles. The van der Waals surface area contributed by atoms with Crippen molar-refractivity contribution in [2.45, 2.75) is 6.54 Å². The number of carbonyl (C=O) groups excluding carboxylic acids is 1. The zero-order valence-electron chi connectivity index (χ0n) is 13.2. The molecule has 0 atom stereocenters. The molecule has 0 aliphatic heterocycles. The van der Waals surface area contributed by atoms with E-state index in [1.54, 1.807) is 28.8 Å². The van der Waals surface area contributed by atoms with Crippen LogP contribution in [0.2, 0.25) is 10.0 Å². The Morgan fingerprint density at radius 1 is 1.35 bits per heavy atom. The summed E-state index contributed by atoms with van der Waals surface area (Å²) in [5.41, 5.74) is 0.304. The lowest BCUT2D eigenvalue weighted by Gasteiger charge is -2.03. The first-order chi connectivity index (χ1) is 12.4. The maximum Gasteiger partial charge on any atom is 0.286 e. The molecule has 6 nitrogen and oxygen atoms in total. The summed E-state index contributed by atoms with van der Waals surface area (Å²) in [7, 11) is 0. The van der Waals surface area contributed by atoms with Crippen molar-refractivity contribution in [1.29, 1.82) is 0 Å². The summed E-state index contributed by atoms with van der Waals surface area (Å²) < 4.78 is 2.47. The molecular formula is C17H11Cl2N3O3S. The fourth-order valence-electron chi connectivity index (χ4n) is 2.47. The van der Waals surface area contributed by atoms with E-state index in [9.17, 15) is 14.9 Å². The third-order valence-corrected chi connectivity index (χ3v) is 5.07. The second-order valence-electron chi connectivity index (χ2n) is 5.21. The highest BCUT2D eigenvalue weighted by Gasteiger charge is 2.19.